The molecule has 3 heteroatoms. The highest BCUT2D eigenvalue weighted by atomic mass is 16.5. The van der Waals surface area contributed by atoms with Crippen molar-refractivity contribution >= 4 is 0 Å². The minimum absolute atomic E-state index is 0.532. The Kier molecular flexibility index (Phi) is 4.92. The van der Waals surface area contributed by atoms with Crippen LogP contribution in [0, 0.1) is 17.8 Å². The van der Waals surface area contributed by atoms with E-state index in [2.05, 4.69) is 37.9 Å². The summed E-state index contributed by atoms with van der Waals surface area (Å²) in [5.74, 6) is 2.36. The van der Waals surface area contributed by atoms with E-state index in [0.29, 0.717) is 24.2 Å². The van der Waals surface area contributed by atoms with E-state index in [1.54, 1.807) is 0 Å². The molecule has 0 spiro atoms. The molecule has 3 nitrogen and oxygen atoms in total. The first-order valence-electron chi connectivity index (χ1n) is 9.17. The molecule has 2 heterocycles. The van der Waals surface area contributed by atoms with Crippen molar-refractivity contribution in [3.63, 3.8) is 0 Å². The van der Waals surface area contributed by atoms with Crippen LogP contribution in [0.4, 0.5) is 0 Å². The molecule has 0 aromatic heterocycles. The molecular weight excluding hydrogens is 260 g/mol. The van der Waals surface area contributed by atoms with E-state index in [4.69, 9.17) is 4.74 Å². The van der Waals surface area contributed by atoms with E-state index in [1.165, 1.54) is 32.2 Å². The third kappa shape index (κ3) is 3.62. The van der Waals surface area contributed by atoms with Crippen LogP contribution in [0.2, 0.25) is 0 Å². The smallest absolute Gasteiger partial charge is 0.0759 e. The first-order chi connectivity index (χ1) is 10.1. The maximum Gasteiger partial charge on any atom is 0.0759 e. The van der Waals surface area contributed by atoms with Crippen LogP contribution in [0.5, 0.6) is 0 Å². The number of hydrogen-bond acceptors (Lipinski definition) is 3. The monoisotopic (exact) mass is 294 g/mol. The molecule has 1 N–H and O–H groups in total. The van der Waals surface area contributed by atoms with Gasteiger partial charge in [-0.15, -0.1) is 0 Å². The summed E-state index contributed by atoms with van der Waals surface area (Å²) in [6.45, 7) is 12.8. The highest BCUT2D eigenvalue weighted by Gasteiger charge is 2.46. The van der Waals surface area contributed by atoms with Crippen molar-refractivity contribution in [1.82, 2.24) is 10.2 Å². The van der Waals surface area contributed by atoms with Gasteiger partial charge in [0.25, 0.3) is 0 Å². The third-order valence-electron chi connectivity index (χ3n) is 5.61. The van der Waals surface area contributed by atoms with Gasteiger partial charge in [-0.3, -0.25) is 4.90 Å². The Hall–Kier alpha value is -0.120. The highest BCUT2D eigenvalue weighted by Crippen LogP contribution is 2.41. The summed E-state index contributed by atoms with van der Waals surface area (Å²) in [7, 11) is 0. The second-order valence-electron chi connectivity index (χ2n) is 8.27. The molecule has 0 amide bonds. The summed E-state index contributed by atoms with van der Waals surface area (Å²) in [5.41, 5.74) is 0. The Morgan fingerprint density at radius 3 is 2.52 bits per heavy atom. The minimum atomic E-state index is 0.532. The van der Waals surface area contributed by atoms with Gasteiger partial charge in [0.05, 0.1) is 6.10 Å². The summed E-state index contributed by atoms with van der Waals surface area (Å²) in [5, 5.41) is 3.81. The molecule has 2 saturated heterocycles. The average molecular weight is 294 g/mol. The van der Waals surface area contributed by atoms with Crippen molar-refractivity contribution in [2.75, 3.05) is 19.7 Å². The summed E-state index contributed by atoms with van der Waals surface area (Å²) in [6, 6.07) is 2.03. The van der Waals surface area contributed by atoms with Gasteiger partial charge in [0.2, 0.25) is 0 Å². The van der Waals surface area contributed by atoms with Crippen molar-refractivity contribution in [3.8, 4) is 0 Å². The molecule has 0 aromatic carbocycles. The number of nitrogens with one attached hydrogen (secondary N) is 1. The van der Waals surface area contributed by atoms with E-state index in [9.17, 15) is 0 Å². The Morgan fingerprint density at radius 1 is 1.14 bits per heavy atom. The van der Waals surface area contributed by atoms with Gasteiger partial charge in [-0.05, 0) is 43.4 Å². The molecule has 0 aromatic rings. The van der Waals surface area contributed by atoms with Gasteiger partial charge in [-0.2, -0.15) is 0 Å². The first-order valence-corrected chi connectivity index (χ1v) is 9.17. The van der Waals surface area contributed by atoms with Crippen LogP contribution >= 0.6 is 0 Å². The van der Waals surface area contributed by atoms with Crippen LogP contribution in [-0.2, 0) is 4.74 Å². The number of piperazine rings is 1. The molecule has 21 heavy (non-hydrogen) atoms. The summed E-state index contributed by atoms with van der Waals surface area (Å²) < 4.78 is 6.13. The SMILES string of the molecule is CC(C)CC1CN(C2CCOC2C2CC2)C(C(C)C)CN1. The van der Waals surface area contributed by atoms with Gasteiger partial charge < -0.3 is 10.1 Å². The average Bonchev–Trinajstić information content (AvgIpc) is 3.15. The molecule has 3 fully saturated rings. The Morgan fingerprint density at radius 2 is 1.90 bits per heavy atom. The molecule has 1 aliphatic carbocycles. The lowest BCUT2D eigenvalue weighted by Crippen LogP contribution is -2.62. The molecular formula is C18H34N2O. The van der Waals surface area contributed by atoms with Gasteiger partial charge in [0, 0.05) is 37.8 Å². The fraction of sp³-hybridized carbons (Fsp3) is 1.00. The van der Waals surface area contributed by atoms with E-state index < -0.39 is 0 Å². The van der Waals surface area contributed by atoms with Crippen LogP contribution in [0.25, 0.3) is 0 Å². The van der Waals surface area contributed by atoms with E-state index in [0.717, 1.165) is 30.9 Å². The maximum absolute atomic E-state index is 6.13. The lowest BCUT2D eigenvalue weighted by Gasteiger charge is -2.47. The van der Waals surface area contributed by atoms with Gasteiger partial charge in [0.1, 0.15) is 0 Å². The third-order valence-corrected chi connectivity index (χ3v) is 5.61. The van der Waals surface area contributed by atoms with Crippen LogP contribution in [0.3, 0.4) is 0 Å². The zero-order chi connectivity index (χ0) is 15.0. The topological polar surface area (TPSA) is 24.5 Å². The Balaban J connectivity index is 1.70. The number of rotatable bonds is 5. The summed E-state index contributed by atoms with van der Waals surface area (Å²) in [4.78, 5) is 2.84. The fourth-order valence-corrected chi connectivity index (χ4v) is 4.42. The Bertz CT molecular complexity index is 340. The second kappa shape index (κ2) is 6.55. The molecule has 4 atom stereocenters. The normalized spacial score (nSPS) is 38.6. The fourth-order valence-electron chi connectivity index (χ4n) is 4.42. The molecule has 2 aliphatic heterocycles. The van der Waals surface area contributed by atoms with E-state index >= 15 is 0 Å². The van der Waals surface area contributed by atoms with Crippen LogP contribution < -0.4 is 5.32 Å². The van der Waals surface area contributed by atoms with E-state index in [1.807, 2.05) is 0 Å². The number of ether oxygens (including phenoxy) is 1. The number of hydrogen-bond donors (Lipinski definition) is 1. The van der Waals surface area contributed by atoms with Crippen molar-refractivity contribution in [2.45, 2.75) is 77.6 Å². The van der Waals surface area contributed by atoms with Gasteiger partial charge in [0.15, 0.2) is 0 Å². The van der Waals surface area contributed by atoms with Crippen LogP contribution in [0.15, 0.2) is 0 Å². The molecule has 3 rings (SSSR count). The van der Waals surface area contributed by atoms with E-state index in [-0.39, 0.29) is 0 Å². The van der Waals surface area contributed by atoms with Crippen molar-refractivity contribution in [1.29, 1.82) is 0 Å². The van der Waals surface area contributed by atoms with Gasteiger partial charge >= 0.3 is 0 Å². The van der Waals surface area contributed by atoms with Gasteiger partial charge in [-0.1, -0.05) is 27.7 Å². The second-order valence-corrected chi connectivity index (χ2v) is 8.27. The quantitative estimate of drug-likeness (QED) is 0.844. The highest BCUT2D eigenvalue weighted by molar-refractivity contribution is 5.00. The summed E-state index contributed by atoms with van der Waals surface area (Å²) >= 11 is 0. The molecule has 0 radical (unpaired) electrons. The molecule has 4 unspecified atom stereocenters. The Labute approximate surface area is 130 Å². The zero-order valence-corrected chi connectivity index (χ0v) is 14.3. The van der Waals surface area contributed by atoms with Gasteiger partial charge in [-0.25, -0.2) is 0 Å². The largest absolute Gasteiger partial charge is 0.376 e. The van der Waals surface area contributed by atoms with Crippen molar-refractivity contribution in [2.24, 2.45) is 17.8 Å². The lowest BCUT2D eigenvalue weighted by atomic mass is 9.91. The molecule has 0 bridgehead atoms. The molecule has 3 aliphatic rings. The van der Waals surface area contributed by atoms with Crippen molar-refractivity contribution in [3.05, 3.63) is 0 Å². The standard InChI is InChI=1S/C18H34N2O/c1-12(2)9-15-11-20(17(10-19-15)13(3)4)16-7-8-21-18(16)14-5-6-14/h12-19H,5-11H2,1-4H3. The van der Waals surface area contributed by atoms with Crippen LogP contribution in [-0.4, -0.2) is 48.8 Å². The summed E-state index contributed by atoms with van der Waals surface area (Å²) in [6.07, 6.45) is 5.87. The predicted molar refractivity (Wildman–Crippen MR) is 87.4 cm³/mol. The lowest BCUT2D eigenvalue weighted by molar-refractivity contribution is -0.00166. The number of nitrogens with zero attached hydrogens (tertiary/aromatic N) is 1. The minimum Gasteiger partial charge on any atom is -0.376 e. The van der Waals surface area contributed by atoms with Crippen molar-refractivity contribution < 1.29 is 4.74 Å². The molecule has 1 saturated carbocycles. The first kappa shape index (κ1) is 15.8. The molecule has 122 valence electrons. The zero-order valence-electron chi connectivity index (χ0n) is 14.3. The van der Waals surface area contributed by atoms with Crippen LogP contribution in [0.1, 0.15) is 53.4 Å². The maximum atomic E-state index is 6.13. The predicted octanol–water partition coefficient (Wildman–Crippen LogP) is 2.90.